The monoisotopic (exact) mass is 402 g/mol. The summed E-state index contributed by atoms with van der Waals surface area (Å²) in [5, 5.41) is 0.422. The number of unbranched alkanes of at least 4 members (excludes halogenated alkanes) is 1. The Balaban J connectivity index is 2.03. The van der Waals surface area contributed by atoms with Gasteiger partial charge in [-0.25, -0.2) is 0 Å². The summed E-state index contributed by atoms with van der Waals surface area (Å²) < 4.78 is 2.35. The van der Waals surface area contributed by atoms with Crippen LogP contribution in [0.15, 0.2) is 71.2 Å². The molecule has 0 radical (unpaired) electrons. The number of rotatable bonds is 8. The molecule has 0 atom stereocenters. The van der Waals surface area contributed by atoms with Gasteiger partial charge in [-0.15, -0.1) is 0 Å². The van der Waals surface area contributed by atoms with E-state index in [4.69, 9.17) is 0 Å². The van der Waals surface area contributed by atoms with Gasteiger partial charge in [0.2, 0.25) is 0 Å². The van der Waals surface area contributed by atoms with E-state index < -0.39 is 8.07 Å². The summed E-state index contributed by atoms with van der Waals surface area (Å²) in [6.45, 7) is 6.44. The third-order valence-corrected chi connectivity index (χ3v) is 8.02. The van der Waals surface area contributed by atoms with E-state index in [1.165, 1.54) is 10.0 Å². The van der Waals surface area contributed by atoms with Crippen molar-refractivity contribution in [3.05, 3.63) is 76.8 Å². The van der Waals surface area contributed by atoms with Gasteiger partial charge in [0.05, 0.1) is 0 Å². The molecule has 0 fully saturated rings. The van der Waals surface area contributed by atoms with Crippen LogP contribution in [0.1, 0.15) is 18.4 Å². The summed E-state index contributed by atoms with van der Waals surface area (Å²) in [4.78, 5) is 12.8. The fourth-order valence-corrected chi connectivity index (χ4v) is 7.15. The molecule has 0 aromatic heterocycles. The third-order valence-electron chi connectivity index (χ3n) is 3.72. The van der Waals surface area contributed by atoms with Crippen LogP contribution >= 0.6 is 0 Å². The first-order chi connectivity index (χ1) is 11.5. The SMILES string of the molecule is C[Si](C)(C)C(=O)/C(=C/CCCc1ccccc1)[Se]c1ccccc1. The van der Waals surface area contributed by atoms with Gasteiger partial charge in [-0.05, 0) is 0 Å². The molecule has 0 saturated carbocycles. The maximum atomic E-state index is 12.8. The van der Waals surface area contributed by atoms with E-state index in [1.54, 1.807) is 0 Å². The van der Waals surface area contributed by atoms with E-state index in [1.807, 2.05) is 6.07 Å². The number of aryl methyl sites for hydroxylation is 1. The molecule has 0 saturated heterocycles. The Labute approximate surface area is 153 Å². The van der Waals surface area contributed by atoms with Crippen LogP contribution in [0.3, 0.4) is 0 Å². The van der Waals surface area contributed by atoms with Crippen molar-refractivity contribution in [2.45, 2.75) is 38.9 Å². The van der Waals surface area contributed by atoms with Crippen molar-refractivity contribution in [3.63, 3.8) is 0 Å². The molecule has 2 aromatic carbocycles. The summed E-state index contributed by atoms with van der Waals surface area (Å²) in [6, 6.07) is 21.0. The van der Waals surface area contributed by atoms with E-state index in [0.29, 0.717) is 5.41 Å². The van der Waals surface area contributed by atoms with Gasteiger partial charge in [0.15, 0.2) is 0 Å². The fourth-order valence-electron chi connectivity index (χ4n) is 2.35. The van der Waals surface area contributed by atoms with Gasteiger partial charge >= 0.3 is 153 Å². The zero-order chi connectivity index (χ0) is 17.4. The topological polar surface area (TPSA) is 17.1 Å². The summed E-state index contributed by atoms with van der Waals surface area (Å²) in [5.41, 5.74) is 1.37. The molecule has 2 aromatic rings. The van der Waals surface area contributed by atoms with Crippen LogP contribution in [0.4, 0.5) is 0 Å². The number of benzene rings is 2. The van der Waals surface area contributed by atoms with Gasteiger partial charge in [0, 0.05) is 0 Å². The predicted molar refractivity (Wildman–Crippen MR) is 108 cm³/mol. The van der Waals surface area contributed by atoms with Gasteiger partial charge in [0.25, 0.3) is 0 Å². The van der Waals surface area contributed by atoms with Crippen LogP contribution in [0.5, 0.6) is 0 Å². The molecule has 0 aliphatic heterocycles. The van der Waals surface area contributed by atoms with Crippen LogP contribution < -0.4 is 4.46 Å². The van der Waals surface area contributed by atoms with Crippen molar-refractivity contribution < 1.29 is 4.79 Å². The molecule has 0 bridgehead atoms. The first-order valence-corrected chi connectivity index (χ1v) is 13.7. The molecular formula is C21H26OSeSi. The molecule has 0 N–H and O–H groups in total. The second-order valence-electron chi connectivity index (χ2n) is 6.94. The van der Waals surface area contributed by atoms with Crippen LogP contribution in [-0.4, -0.2) is 28.4 Å². The van der Waals surface area contributed by atoms with Gasteiger partial charge in [-0.1, -0.05) is 0 Å². The Morgan fingerprint density at radius 3 is 2.12 bits per heavy atom. The van der Waals surface area contributed by atoms with Crippen molar-refractivity contribution in [2.75, 3.05) is 0 Å². The minimum atomic E-state index is -1.79. The third kappa shape index (κ3) is 6.24. The Hall–Kier alpha value is -1.41. The fraction of sp³-hybridized carbons (Fsp3) is 0.286. The predicted octanol–water partition coefficient (Wildman–Crippen LogP) is 4.37. The second kappa shape index (κ2) is 9.17. The zero-order valence-electron chi connectivity index (χ0n) is 14.8. The van der Waals surface area contributed by atoms with Crippen molar-refractivity contribution >= 4 is 32.9 Å². The molecule has 0 unspecified atom stereocenters. The van der Waals surface area contributed by atoms with Crippen LogP contribution in [0.2, 0.25) is 19.6 Å². The van der Waals surface area contributed by atoms with Crippen molar-refractivity contribution in [1.29, 1.82) is 0 Å². The van der Waals surface area contributed by atoms with Gasteiger partial charge in [-0.3, -0.25) is 0 Å². The molecule has 0 heterocycles. The van der Waals surface area contributed by atoms with Gasteiger partial charge in [-0.2, -0.15) is 0 Å². The maximum absolute atomic E-state index is 12.8. The summed E-state index contributed by atoms with van der Waals surface area (Å²) >= 11 is 0.116. The van der Waals surface area contributed by atoms with Crippen LogP contribution in [-0.2, 0) is 11.2 Å². The van der Waals surface area contributed by atoms with Crippen molar-refractivity contribution in [3.8, 4) is 0 Å². The zero-order valence-corrected chi connectivity index (χ0v) is 17.5. The number of allylic oxidation sites excluding steroid dienone is 2. The van der Waals surface area contributed by atoms with E-state index in [-0.39, 0.29) is 15.0 Å². The molecule has 3 heteroatoms. The molecule has 2 rings (SSSR count). The number of hydrogen-bond acceptors (Lipinski definition) is 1. The van der Waals surface area contributed by atoms with Crippen molar-refractivity contribution in [2.24, 2.45) is 0 Å². The quantitative estimate of drug-likeness (QED) is 0.365. The first-order valence-electron chi connectivity index (χ1n) is 8.48. The van der Waals surface area contributed by atoms with E-state index in [9.17, 15) is 4.79 Å². The molecule has 1 nitrogen and oxygen atoms in total. The summed E-state index contributed by atoms with van der Waals surface area (Å²) in [7, 11) is -1.79. The Morgan fingerprint density at radius 2 is 1.54 bits per heavy atom. The number of carbonyl (C=O) groups excluding carboxylic acids is 1. The first kappa shape index (κ1) is 18.9. The molecule has 0 aliphatic carbocycles. The summed E-state index contributed by atoms with van der Waals surface area (Å²) in [6.07, 6.45) is 5.37. The minimum absolute atomic E-state index is 0.116. The second-order valence-corrected chi connectivity index (χ2v) is 14.2. The van der Waals surface area contributed by atoms with Crippen molar-refractivity contribution in [1.82, 2.24) is 0 Å². The summed E-state index contributed by atoms with van der Waals surface area (Å²) in [5.74, 6) is 0. The molecule has 0 spiro atoms. The Bertz CT molecular complexity index is 672. The molecule has 24 heavy (non-hydrogen) atoms. The Morgan fingerprint density at radius 1 is 0.958 bits per heavy atom. The van der Waals surface area contributed by atoms with E-state index in [2.05, 4.69) is 80.3 Å². The molecule has 0 amide bonds. The molecular weight excluding hydrogens is 375 g/mol. The van der Waals surface area contributed by atoms with E-state index in [0.717, 1.165) is 23.7 Å². The van der Waals surface area contributed by atoms with E-state index >= 15 is 0 Å². The average molecular weight is 401 g/mol. The normalized spacial score (nSPS) is 12.2. The van der Waals surface area contributed by atoms with Gasteiger partial charge in [0.1, 0.15) is 0 Å². The standard InChI is InChI=1S/C21H26OSeSi/c1-24(2,3)21(22)20(23-19-15-8-5-9-16-19)17-11-10-14-18-12-6-4-7-13-18/h4-9,12-13,15-17H,10-11,14H2,1-3H3/b20-17-. The number of carbonyl (C=O) groups is 1. The average Bonchev–Trinajstić information content (AvgIpc) is 2.58. The molecule has 126 valence electrons. The number of hydrogen-bond donors (Lipinski definition) is 0. The molecule has 0 aliphatic rings. The Kier molecular flexibility index (Phi) is 7.23. The van der Waals surface area contributed by atoms with Crippen LogP contribution in [0, 0.1) is 0 Å². The van der Waals surface area contributed by atoms with Gasteiger partial charge < -0.3 is 0 Å². The van der Waals surface area contributed by atoms with Crippen LogP contribution in [0.25, 0.3) is 0 Å².